The molecule has 8 heteroatoms. The van der Waals surface area contributed by atoms with Gasteiger partial charge in [-0.25, -0.2) is 0 Å². The first-order valence-corrected chi connectivity index (χ1v) is 17.6. The fourth-order valence-electron chi connectivity index (χ4n) is 4.76. The zero-order valence-electron chi connectivity index (χ0n) is 21.6. The Labute approximate surface area is 241 Å². The maximum absolute atomic E-state index is 12.1. The number of hydrogen-bond acceptors (Lipinski definition) is 8. The third kappa shape index (κ3) is 6.82. The molecular weight excluding hydrogens is 551 g/mol. The molecule has 0 unspecified atom stereocenters. The normalized spacial score (nSPS) is 16.8. The molecule has 2 aliphatic heterocycles. The summed E-state index contributed by atoms with van der Waals surface area (Å²) in [5.41, 5.74) is 5.95. The fraction of sp³-hybridized carbons (Fsp3) is 0.367. The Morgan fingerprint density at radius 1 is 0.737 bits per heavy atom. The SMILES string of the molecule is Cc1cc(N2CCSCCSCCSCCSCC2)ccc1-c1c2ccc(=O)cc-2oc2cc(O)ccc12. The molecule has 1 fully saturated rings. The van der Waals surface area contributed by atoms with Crippen LogP contribution in [0.15, 0.2) is 63.8 Å². The van der Waals surface area contributed by atoms with Gasteiger partial charge in [-0.15, -0.1) is 0 Å². The molecule has 0 radical (unpaired) electrons. The molecule has 0 atom stereocenters. The van der Waals surface area contributed by atoms with Crippen LogP contribution in [0.3, 0.4) is 0 Å². The number of fused-ring (bicyclic) bond motifs is 2. The summed E-state index contributed by atoms with van der Waals surface area (Å²) in [5, 5.41) is 11.0. The van der Waals surface area contributed by atoms with Crippen LogP contribution in [0.2, 0.25) is 0 Å². The second kappa shape index (κ2) is 13.5. The summed E-state index contributed by atoms with van der Waals surface area (Å²) >= 11 is 8.29. The molecule has 1 N–H and O–H groups in total. The number of phenolic OH excluding ortho intramolecular Hbond substituents is 1. The van der Waals surface area contributed by atoms with Crippen LogP contribution in [0.4, 0.5) is 5.69 Å². The molecule has 0 amide bonds. The summed E-state index contributed by atoms with van der Waals surface area (Å²) in [4.78, 5) is 14.6. The average molecular weight is 584 g/mol. The number of aryl methyl sites for hydroxylation is 1. The van der Waals surface area contributed by atoms with E-state index in [0.29, 0.717) is 11.3 Å². The minimum atomic E-state index is -0.0936. The van der Waals surface area contributed by atoms with Crippen molar-refractivity contribution in [2.24, 2.45) is 0 Å². The molecule has 200 valence electrons. The lowest BCUT2D eigenvalue weighted by molar-refractivity contribution is 0.474. The van der Waals surface area contributed by atoms with Gasteiger partial charge in [-0.1, -0.05) is 6.07 Å². The highest BCUT2D eigenvalue weighted by Crippen LogP contribution is 2.42. The average Bonchev–Trinajstić information content (AvgIpc) is 2.91. The van der Waals surface area contributed by atoms with Crippen LogP contribution in [-0.2, 0) is 0 Å². The summed E-state index contributed by atoms with van der Waals surface area (Å²) < 4.78 is 6.04. The molecule has 0 aromatic heterocycles. The van der Waals surface area contributed by atoms with E-state index in [1.807, 2.05) is 12.1 Å². The molecule has 1 saturated heterocycles. The first kappa shape index (κ1) is 27.7. The predicted molar refractivity (Wildman–Crippen MR) is 172 cm³/mol. The Morgan fingerprint density at radius 3 is 2.03 bits per heavy atom. The van der Waals surface area contributed by atoms with E-state index in [1.165, 1.54) is 51.8 Å². The molecule has 2 heterocycles. The summed E-state index contributed by atoms with van der Waals surface area (Å²) in [7, 11) is 0. The summed E-state index contributed by atoms with van der Waals surface area (Å²) in [6, 6.07) is 16.9. The smallest absolute Gasteiger partial charge is 0.182 e. The molecule has 1 aliphatic carbocycles. The molecule has 5 rings (SSSR count). The highest BCUT2D eigenvalue weighted by atomic mass is 32.2. The summed E-state index contributed by atoms with van der Waals surface area (Å²) in [6.45, 7) is 4.25. The van der Waals surface area contributed by atoms with E-state index in [4.69, 9.17) is 4.42 Å². The Bertz CT molecular complexity index is 1390. The standard InChI is InChI=1S/C30H33NO3S4/c1-21-18-22(31-8-10-35-12-14-37-16-17-38-15-13-36-11-9-31)2-5-25(21)30-26-6-3-23(32)19-28(26)34-29-20-24(33)4-7-27(29)30/h2-7,18-20,32H,8-17H2,1H3. The van der Waals surface area contributed by atoms with E-state index >= 15 is 0 Å². The van der Waals surface area contributed by atoms with Gasteiger partial charge in [0.05, 0.1) is 0 Å². The lowest BCUT2D eigenvalue weighted by Crippen LogP contribution is -2.28. The van der Waals surface area contributed by atoms with Crippen LogP contribution in [0.25, 0.3) is 33.4 Å². The molecule has 0 spiro atoms. The maximum atomic E-state index is 12.1. The van der Waals surface area contributed by atoms with Crippen LogP contribution in [0.1, 0.15) is 5.56 Å². The van der Waals surface area contributed by atoms with Gasteiger partial charge >= 0.3 is 0 Å². The van der Waals surface area contributed by atoms with Crippen molar-refractivity contribution in [1.29, 1.82) is 0 Å². The Morgan fingerprint density at radius 2 is 1.37 bits per heavy atom. The van der Waals surface area contributed by atoms with Gasteiger partial charge in [-0.2, -0.15) is 47.0 Å². The van der Waals surface area contributed by atoms with Gasteiger partial charge in [-0.3, -0.25) is 4.79 Å². The fourth-order valence-corrected chi connectivity index (χ4v) is 9.10. The molecule has 0 saturated carbocycles. The topological polar surface area (TPSA) is 53.7 Å². The van der Waals surface area contributed by atoms with Crippen LogP contribution >= 0.6 is 47.0 Å². The first-order chi connectivity index (χ1) is 18.6. The molecule has 0 bridgehead atoms. The lowest BCUT2D eigenvalue weighted by Gasteiger charge is -2.26. The van der Waals surface area contributed by atoms with Gasteiger partial charge in [0.1, 0.15) is 17.1 Å². The number of thioether (sulfide) groups is 4. The van der Waals surface area contributed by atoms with Crippen LogP contribution < -0.4 is 10.3 Å². The van der Waals surface area contributed by atoms with Crippen molar-refractivity contribution in [3.8, 4) is 28.2 Å². The zero-order chi connectivity index (χ0) is 26.3. The van der Waals surface area contributed by atoms with Crippen molar-refractivity contribution in [3.05, 3.63) is 70.4 Å². The Hall–Kier alpha value is -1.87. The first-order valence-electron chi connectivity index (χ1n) is 13.0. The van der Waals surface area contributed by atoms with Gasteiger partial charge in [0.15, 0.2) is 5.43 Å². The van der Waals surface area contributed by atoms with E-state index in [9.17, 15) is 9.90 Å². The van der Waals surface area contributed by atoms with Crippen molar-refractivity contribution in [2.45, 2.75) is 6.92 Å². The van der Waals surface area contributed by atoms with Gasteiger partial charge in [0.25, 0.3) is 0 Å². The van der Waals surface area contributed by atoms with Crippen molar-refractivity contribution < 1.29 is 9.52 Å². The molecule has 3 aliphatic rings. The number of benzene rings is 3. The van der Waals surface area contributed by atoms with Crippen molar-refractivity contribution in [3.63, 3.8) is 0 Å². The number of aromatic hydroxyl groups is 1. The van der Waals surface area contributed by atoms with Gasteiger partial charge in [0.2, 0.25) is 0 Å². The predicted octanol–water partition coefficient (Wildman–Crippen LogP) is 7.33. The number of nitrogens with zero attached hydrogens (tertiary/aromatic N) is 1. The van der Waals surface area contributed by atoms with E-state index < -0.39 is 0 Å². The highest BCUT2D eigenvalue weighted by molar-refractivity contribution is 8.05. The number of hydrogen-bond donors (Lipinski definition) is 1. The zero-order valence-corrected chi connectivity index (χ0v) is 24.9. The number of anilines is 1. The van der Waals surface area contributed by atoms with Crippen molar-refractivity contribution in [2.75, 3.05) is 64.0 Å². The molecular formula is C30H33NO3S4. The third-order valence-electron chi connectivity index (χ3n) is 6.65. The van der Waals surface area contributed by atoms with Crippen LogP contribution in [0.5, 0.6) is 5.75 Å². The summed E-state index contributed by atoms with van der Waals surface area (Å²) in [5.74, 6) is 10.4. The molecule has 2 aromatic carbocycles. The minimum Gasteiger partial charge on any atom is -0.508 e. The summed E-state index contributed by atoms with van der Waals surface area (Å²) in [6.07, 6.45) is 0. The molecule has 38 heavy (non-hydrogen) atoms. The van der Waals surface area contributed by atoms with E-state index in [0.717, 1.165) is 46.7 Å². The second-order valence-electron chi connectivity index (χ2n) is 9.25. The number of phenols is 1. The van der Waals surface area contributed by atoms with Crippen molar-refractivity contribution in [1.82, 2.24) is 0 Å². The second-order valence-corrected chi connectivity index (χ2v) is 14.2. The minimum absolute atomic E-state index is 0.0936. The largest absolute Gasteiger partial charge is 0.508 e. The quantitative estimate of drug-likeness (QED) is 0.246. The van der Waals surface area contributed by atoms with Gasteiger partial charge < -0.3 is 14.4 Å². The van der Waals surface area contributed by atoms with Gasteiger partial charge in [-0.05, 0) is 54.4 Å². The third-order valence-corrected chi connectivity index (χ3v) is 11.3. The lowest BCUT2D eigenvalue weighted by atomic mass is 9.91. The van der Waals surface area contributed by atoms with Crippen molar-refractivity contribution >= 4 is 63.7 Å². The maximum Gasteiger partial charge on any atom is 0.182 e. The van der Waals surface area contributed by atoms with E-state index in [2.05, 4.69) is 77.1 Å². The van der Waals surface area contributed by atoms with Gasteiger partial charge in [0, 0.05) is 93.4 Å². The Balaban J connectivity index is 1.47. The molecule has 4 nitrogen and oxygen atoms in total. The van der Waals surface area contributed by atoms with Crippen LogP contribution in [-0.4, -0.2) is 64.2 Å². The van der Waals surface area contributed by atoms with E-state index in [1.54, 1.807) is 18.2 Å². The Kier molecular flexibility index (Phi) is 9.81. The molecule has 2 aromatic rings. The monoisotopic (exact) mass is 583 g/mol. The van der Waals surface area contributed by atoms with E-state index in [-0.39, 0.29) is 11.2 Å². The number of rotatable bonds is 2. The van der Waals surface area contributed by atoms with Crippen LogP contribution in [0, 0.1) is 6.92 Å². The highest BCUT2D eigenvalue weighted by Gasteiger charge is 2.20.